The predicted octanol–water partition coefficient (Wildman–Crippen LogP) is 1.64. The molecule has 2 rings (SSSR count). The highest BCUT2D eigenvalue weighted by atomic mass is 19.4. The number of benzene rings is 1. The molecule has 1 aliphatic heterocycles. The minimum absolute atomic E-state index is 0.0248. The van der Waals surface area contributed by atoms with Crippen molar-refractivity contribution >= 4 is 11.5 Å². The van der Waals surface area contributed by atoms with Gasteiger partial charge in [-0.2, -0.15) is 13.2 Å². The summed E-state index contributed by atoms with van der Waals surface area (Å²) in [6.07, 6.45) is -4.51. The standard InChI is InChI=1S/C12H14F3N3O2/c13-12(14,15)9-7-8(11(16)17-19)1-2-10(9)18-3-5-20-6-4-18/h1-2,7,19H,3-6H2,(H2,16,17). The molecule has 5 nitrogen and oxygen atoms in total. The van der Waals surface area contributed by atoms with Crippen LogP contribution in [0.1, 0.15) is 11.1 Å². The molecule has 0 saturated carbocycles. The summed E-state index contributed by atoms with van der Waals surface area (Å²) in [7, 11) is 0. The molecule has 0 atom stereocenters. The number of anilines is 1. The van der Waals surface area contributed by atoms with Crippen molar-refractivity contribution in [2.45, 2.75) is 6.18 Å². The lowest BCUT2D eigenvalue weighted by Gasteiger charge is -2.31. The monoisotopic (exact) mass is 289 g/mol. The highest BCUT2D eigenvalue weighted by Gasteiger charge is 2.35. The van der Waals surface area contributed by atoms with Crippen LogP contribution in [0.3, 0.4) is 0 Å². The van der Waals surface area contributed by atoms with Gasteiger partial charge >= 0.3 is 6.18 Å². The first-order valence-corrected chi connectivity index (χ1v) is 5.95. The van der Waals surface area contributed by atoms with Crippen molar-refractivity contribution in [1.29, 1.82) is 0 Å². The van der Waals surface area contributed by atoms with Gasteiger partial charge in [0.1, 0.15) is 0 Å². The normalized spacial score (nSPS) is 17.4. The van der Waals surface area contributed by atoms with Crippen LogP contribution >= 0.6 is 0 Å². The second-order valence-electron chi connectivity index (χ2n) is 4.31. The lowest BCUT2D eigenvalue weighted by Crippen LogP contribution is -2.37. The first kappa shape index (κ1) is 14.4. The van der Waals surface area contributed by atoms with Crippen molar-refractivity contribution in [3.63, 3.8) is 0 Å². The summed E-state index contributed by atoms with van der Waals surface area (Å²) >= 11 is 0. The Bertz CT molecular complexity index is 511. The Morgan fingerprint density at radius 1 is 1.30 bits per heavy atom. The molecule has 0 aromatic heterocycles. The van der Waals surface area contributed by atoms with Crippen molar-refractivity contribution in [3.05, 3.63) is 29.3 Å². The number of amidine groups is 1. The Hall–Kier alpha value is -1.96. The number of nitrogens with two attached hydrogens (primary N) is 1. The third-order valence-electron chi connectivity index (χ3n) is 3.06. The molecule has 1 fully saturated rings. The molecule has 110 valence electrons. The van der Waals surface area contributed by atoms with Crippen LogP contribution in [0, 0.1) is 0 Å². The van der Waals surface area contributed by atoms with Gasteiger partial charge in [0.05, 0.1) is 18.8 Å². The van der Waals surface area contributed by atoms with Crippen molar-refractivity contribution in [2.75, 3.05) is 31.2 Å². The zero-order valence-corrected chi connectivity index (χ0v) is 10.5. The molecule has 0 aliphatic carbocycles. The number of alkyl halides is 3. The van der Waals surface area contributed by atoms with Crippen molar-refractivity contribution in [2.24, 2.45) is 10.9 Å². The second kappa shape index (κ2) is 5.58. The highest BCUT2D eigenvalue weighted by molar-refractivity contribution is 5.97. The quantitative estimate of drug-likeness (QED) is 0.376. The van der Waals surface area contributed by atoms with E-state index in [0.717, 1.165) is 6.07 Å². The summed E-state index contributed by atoms with van der Waals surface area (Å²) in [5.74, 6) is -0.357. The van der Waals surface area contributed by atoms with Gasteiger partial charge in [-0.25, -0.2) is 0 Å². The van der Waals surface area contributed by atoms with E-state index in [2.05, 4.69) is 5.16 Å². The van der Waals surface area contributed by atoms with E-state index >= 15 is 0 Å². The number of hydrogen-bond donors (Lipinski definition) is 2. The summed E-state index contributed by atoms with van der Waals surface area (Å²) < 4.78 is 44.6. The van der Waals surface area contributed by atoms with Crippen molar-refractivity contribution in [3.8, 4) is 0 Å². The molecule has 0 spiro atoms. The van der Waals surface area contributed by atoms with Crippen LogP contribution in [0.4, 0.5) is 18.9 Å². The average molecular weight is 289 g/mol. The maximum atomic E-state index is 13.1. The Labute approximate surface area is 113 Å². The van der Waals surface area contributed by atoms with Gasteiger partial charge in [-0.05, 0) is 18.2 Å². The van der Waals surface area contributed by atoms with Crippen LogP contribution in [0.15, 0.2) is 23.4 Å². The van der Waals surface area contributed by atoms with Gasteiger partial charge < -0.3 is 20.6 Å². The van der Waals surface area contributed by atoms with Crippen molar-refractivity contribution in [1.82, 2.24) is 0 Å². The van der Waals surface area contributed by atoms with E-state index in [1.165, 1.54) is 12.1 Å². The fourth-order valence-electron chi connectivity index (χ4n) is 2.06. The maximum Gasteiger partial charge on any atom is 0.418 e. The van der Waals surface area contributed by atoms with Crippen molar-refractivity contribution < 1.29 is 23.1 Å². The second-order valence-corrected chi connectivity index (χ2v) is 4.31. The number of morpholine rings is 1. The van der Waals surface area contributed by atoms with Gasteiger partial charge in [-0.1, -0.05) is 5.16 Å². The summed E-state index contributed by atoms with van der Waals surface area (Å²) in [5.41, 5.74) is 4.64. The highest BCUT2D eigenvalue weighted by Crippen LogP contribution is 2.37. The minimum atomic E-state index is -4.51. The molecule has 0 radical (unpaired) electrons. The molecule has 1 saturated heterocycles. The molecule has 1 aliphatic rings. The predicted molar refractivity (Wildman–Crippen MR) is 67.0 cm³/mol. The molecule has 1 aromatic carbocycles. The number of oxime groups is 1. The summed E-state index contributed by atoms with van der Waals surface area (Å²) in [5, 5.41) is 11.3. The number of hydrogen-bond acceptors (Lipinski definition) is 4. The third kappa shape index (κ3) is 2.96. The van der Waals surface area contributed by atoms with Crippen LogP contribution in [-0.4, -0.2) is 37.3 Å². The first-order valence-electron chi connectivity index (χ1n) is 5.95. The Morgan fingerprint density at radius 3 is 2.50 bits per heavy atom. The Morgan fingerprint density at radius 2 is 1.95 bits per heavy atom. The SMILES string of the molecule is N/C(=N\O)c1ccc(N2CCOCC2)c(C(F)(F)F)c1. The Kier molecular flexibility index (Phi) is 4.03. The zero-order valence-electron chi connectivity index (χ0n) is 10.5. The van der Waals surface area contributed by atoms with Gasteiger partial charge in [-0.3, -0.25) is 0 Å². The first-order chi connectivity index (χ1) is 9.43. The van der Waals surface area contributed by atoms with Gasteiger partial charge in [-0.15, -0.1) is 0 Å². The van der Waals surface area contributed by atoms with E-state index in [0.29, 0.717) is 26.3 Å². The third-order valence-corrected chi connectivity index (χ3v) is 3.06. The van der Waals surface area contributed by atoms with E-state index < -0.39 is 11.7 Å². The fraction of sp³-hybridized carbons (Fsp3) is 0.417. The summed E-state index contributed by atoms with van der Waals surface area (Å²) in [6, 6.07) is 3.62. The largest absolute Gasteiger partial charge is 0.418 e. The zero-order chi connectivity index (χ0) is 14.8. The minimum Gasteiger partial charge on any atom is -0.409 e. The number of ether oxygens (including phenoxy) is 1. The molecular formula is C12H14F3N3O2. The van der Waals surface area contributed by atoms with Crippen LogP contribution in [0.2, 0.25) is 0 Å². The molecule has 1 heterocycles. The van der Waals surface area contributed by atoms with E-state index in [4.69, 9.17) is 15.7 Å². The van der Waals surface area contributed by atoms with E-state index in [1.54, 1.807) is 4.90 Å². The lowest BCUT2D eigenvalue weighted by molar-refractivity contribution is -0.137. The van der Waals surface area contributed by atoms with Crippen LogP contribution in [-0.2, 0) is 10.9 Å². The maximum absolute atomic E-state index is 13.1. The van der Waals surface area contributed by atoms with Gasteiger partial charge in [0.25, 0.3) is 0 Å². The number of nitrogens with zero attached hydrogens (tertiary/aromatic N) is 2. The molecule has 3 N–H and O–H groups in total. The summed E-state index contributed by atoms with van der Waals surface area (Å²) in [4.78, 5) is 1.61. The topological polar surface area (TPSA) is 71.1 Å². The lowest BCUT2D eigenvalue weighted by atomic mass is 10.1. The smallest absolute Gasteiger partial charge is 0.409 e. The van der Waals surface area contributed by atoms with E-state index in [-0.39, 0.29) is 17.1 Å². The van der Waals surface area contributed by atoms with Gasteiger partial charge in [0.15, 0.2) is 5.84 Å². The molecule has 0 bridgehead atoms. The molecule has 1 aromatic rings. The molecule has 0 amide bonds. The Balaban J connectivity index is 2.45. The van der Waals surface area contributed by atoms with E-state index in [9.17, 15) is 13.2 Å². The fourth-order valence-corrected chi connectivity index (χ4v) is 2.06. The van der Waals surface area contributed by atoms with E-state index in [1.807, 2.05) is 0 Å². The molecule has 0 unspecified atom stereocenters. The molecular weight excluding hydrogens is 275 g/mol. The van der Waals surface area contributed by atoms with Gasteiger partial charge in [0, 0.05) is 24.3 Å². The average Bonchev–Trinajstić information content (AvgIpc) is 2.46. The summed E-state index contributed by atoms with van der Waals surface area (Å²) in [6.45, 7) is 1.57. The number of halogens is 3. The van der Waals surface area contributed by atoms with Crippen LogP contribution < -0.4 is 10.6 Å². The molecule has 8 heteroatoms. The molecule has 20 heavy (non-hydrogen) atoms. The van der Waals surface area contributed by atoms with Crippen LogP contribution in [0.25, 0.3) is 0 Å². The van der Waals surface area contributed by atoms with Gasteiger partial charge in [0.2, 0.25) is 0 Å². The van der Waals surface area contributed by atoms with Crippen LogP contribution in [0.5, 0.6) is 0 Å². The number of rotatable bonds is 2.